The maximum atomic E-state index is 14.3. The minimum absolute atomic E-state index is 0.111. The predicted octanol–water partition coefficient (Wildman–Crippen LogP) is 5.57. The van der Waals surface area contributed by atoms with Crippen molar-refractivity contribution in [3.8, 4) is 17.1 Å². The third-order valence-electron chi connectivity index (χ3n) is 5.21. The second-order valence-electron chi connectivity index (χ2n) is 6.87. The predicted molar refractivity (Wildman–Crippen MR) is 101 cm³/mol. The average molecular weight is 374 g/mol. The summed E-state index contributed by atoms with van der Waals surface area (Å²) in [6.45, 7) is 3.87. The van der Waals surface area contributed by atoms with E-state index in [0.717, 1.165) is 17.6 Å². The van der Waals surface area contributed by atoms with Gasteiger partial charge in [0.05, 0.1) is 12.1 Å². The fraction of sp³-hybridized carbons (Fsp3) is 0.400. The Morgan fingerprint density at radius 2 is 2.08 bits per heavy atom. The van der Waals surface area contributed by atoms with Gasteiger partial charge in [-0.2, -0.15) is 4.98 Å². The Morgan fingerprint density at radius 1 is 1.31 bits per heavy atom. The van der Waals surface area contributed by atoms with Crippen LogP contribution in [0.2, 0.25) is 5.02 Å². The van der Waals surface area contributed by atoms with Crippen molar-refractivity contribution in [2.45, 2.75) is 39.2 Å². The highest BCUT2D eigenvalue weighted by molar-refractivity contribution is 6.33. The molecule has 4 nitrogen and oxygen atoms in total. The van der Waals surface area contributed by atoms with Crippen LogP contribution in [0.3, 0.4) is 0 Å². The van der Waals surface area contributed by atoms with E-state index < -0.39 is 5.82 Å². The third-order valence-corrected chi connectivity index (χ3v) is 5.58. The van der Waals surface area contributed by atoms with E-state index in [-0.39, 0.29) is 5.02 Å². The summed E-state index contributed by atoms with van der Waals surface area (Å²) in [6, 6.07) is 6.24. The van der Waals surface area contributed by atoms with Gasteiger partial charge in [0.1, 0.15) is 11.3 Å². The fourth-order valence-electron chi connectivity index (χ4n) is 3.69. The van der Waals surface area contributed by atoms with E-state index in [1.54, 1.807) is 26.3 Å². The number of ether oxygens (including phenoxy) is 1. The summed E-state index contributed by atoms with van der Waals surface area (Å²) in [5.74, 6) is 0.238. The number of methoxy groups -OCH3 is 1. The topological polar surface area (TPSA) is 39.9 Å². The Balaban J connectivity index is 1.96. The van der Waals surface area contributed by atoms with Crippen LogP contribution in [0.5, 0.6) is 6.01 Å². The van der Waals surface area contributed by atoms with Gasteiger partial charge in [-0.25, -0.2) is 9.37 Å². The van der Waals surface area contributed by atoms with Crippen LogP contribution in [-0.2, 0) is 0 Å². The lowest BCUT2D eigenvalue weighted by Gasteiger charge is -2.18. The molecule has 1 fully saturated rings. The van der Waals surface area contributed by atoms with Gasteiger partial charge in [0.2, 0.25) is 0 Å². The highest BCUT2D eigenvalue weighted by atomic mass is 35.5. The smallest absolute Gasteiger partial charge is 0.298 e. The summed E-state index contributed by atoms with van der Waals surface area (Å²) < 4.78 is 22.0. The molecule has 1 unspecified atom stereocenters. The molecule has 0 N–H and O–H groups in total. The van der Waals surface area contributed by atoms with Gasteiger partial charge in [-0.1, -0.05) is 30.7 Å². The monoisotopic (exact) mass is 373 g/mol. The molecule has 0 radical (unpaired) electrons. The highest BCUT2D eigenvalue weighted by Gasteiger charge is 2.34. The molecule has 1 saturated carbocycles. The second-order valence-corrected chi connectivity index (χ2v) is 7.25. The molecule has 1 aliphatic carbocycles. The lowest BCUT2D eigenvalue weighted by Crippen LogP contribution is -2.12. The van der Waals surface area contributed by atoms with E-state index >= 15 is 0 Å². The Kier molecular flexibility index (Phi) is 4.35. The summed E-state index contributed by atoms with van der Waals surface area (Å²) in [5, 5.41) is 0.111. The van der Waals surface area contributed by atoms with Crippen molar-refractivity contribution in [1.29, 1.82) is 0 Å². The van der Waals surface area contributed by atoms with Gasteiger partial charge in [-0.15, -0.1) is 0 Å². The first-order valence-electron chi connectivity index (χ1n) is 8.92. The van der Waals surface area contributed by atoms with Crippen LogP contribution in [-0.4, -0.2) is 21.6 Å². The zero-order chi connectivity index (χ0) is 18.4. The minimum atomic E-state index is -0.398. The zero-order valence-electron chi connectivity index (χ0n) is 15.1. The number of aryl methyl sites for hydroxylation is 1. The molecule has 0 spiro atoms. The van der Waals surface area contributed by atoms with E-state index in [9.17, 15) is 4.39 Å². The highest BCUT2D eigenvalue weighted by Crippen LogP contribution is 2.45. The number of hydrogen-bond donors (Lipinski definition) is 0. The van der Waals surface area contributed by atoms with Gasteiger partial charge in [0, 0.05) is 23.4 Å². The van der Waals surface area contributed by atoms with Crippen LogP contribution in [0.1, 0.15) is 37.8 Å². The largest absolute Gasteiger partial charge is 0.468 e. The molecule has 6 heteroatoms. The molecule has 2 aromatic heterocycles. The van der Waals surface area contributed by atoms with Crippen LogP contribution >= 0.6 is 11.6 Å². The number of fused-ring (bicyclic) bond motifs is 1. The second kappa shape index (κ2) is 6.54. The SMILES string of the molecule is CCC(C1CC1)n1c(OC)nc2c(-c3ccc(C)c(F)c3Cl)ccnc21. The van der Waals surface area contributed by atoms with Crippen molar-refractivity contribution in [2.24, 2.45) is 5.92 Å². The molecule has 1 aliphatic rings. The van der Waals surface area contributed by atoms with Crippen LogP contribution < -0.4 is 4.74 Å². The standard InChI is InChI=1S/C20H21ClFN3O/c1-4-15(12-6-7-12)25-19-18(24-20(25)26-3)14(9-10-23-19)13-8-5-11(2)17(22)16(13)21/h5,8-10,12,15H,4,6-7H2,1-3H3. The van der Waals surface area contributed by atoms with Crippen LogP contribution in [0, 0.1) is 18.7 Å². The van der Waals surface area contributed by atoms with Crippen molar-refractivity contribution >= 4 is 22.8 Å². The molecule has 0 aliphatic heterocycles. The maximum absolute atomic E-state index is 14.3. The quantitative estimate of drug-likeness (QED) is 0.587. The Morgan fingerprint density at radius 3 is 2.73 bits per heavy atom. The number of rotatable bonds is 5. The molecule has 3 aromatic rings. The van der Waals surface area contributed by atoms with Crippen LogP contribution in [0.25, 0.3) is 22.3 Å². The molecular formula is C20H21ClFN3O. The first kappa shape index (κ1) is 17.3. The molecule has 1 atom stereocenters. The molecule has 1 aromatic carbocycles. The summed E-state index contributed by atoms with van der Waals surface area (Å²) in [7, 11) is 1.62. The van der Waals surface area contributed by atoms with Crippen molar-refractivity contribution < 1.29 is 9.13 Å². The number of hydrogen-bond acceptors (Lipinski definition) is 3. The average Bonchev–Trinajstić information content (AvgIpc) is 3.41. The lowest BCUT2D eigenvalue weighted by molar-refractivity contribution is 0.322. The molecule has 4 rings (SSSR count). The minimum Gasteiger partial charge on any atom is -0.468 e. The van der Waals surface area contributed by atoms with E-state index in [1.807, 2.05) is 12.1 Å². The lowest BCUT2D eigenvalue weighted by atomic mass is 10.0. The van der Waals surface area contributed by atoms with Crippen molar-refractivity contribution in [3.63, 3.8) is 0 Å². The number of benzene rings is 1. The van der Waals surface area contributed by atoms with E-state index in [2.05, 4.69) is 21.5 Å². The maximum Gasteiger partial charge on any atom is 0.298 e. The number of pyridine rings is 1. The molecule has 136 valence electrons. The first-order chi connectivity index (χ1) is 12.6. The first-order valence-corrected chi connectivity index (χ1v) is 9.30. The van der Waals surface area contributed by atoms with Gasteiger partial charge in [0.15, 0.2) is 5.65 Å². The summed E-state index contributed by atoms with van der Waals surface area (Å²) in [5.41, 5.74) is 3.35. The molecule has 0 saturated heterocycles. The van der Waals surface area contributed by atoms with Crippen molar-refractivity contribution in [1.82, 2.24) is 14.5 Å². The Labute approximate surface area is 157 Å². The molecule has 0 amide bonds. The normalized spacial score (nSPS) is 15.4. The molecular weight excluding hydrogens is 353 g/mol. The van der Waals surface area contributed by atoms with Gasteiger partial charge < -0.3 is 4.74 Å². The molecule has 26 heavy (non-hydrogen) atoms. The number of nitrogens with zero attached hydrogens (tertiary/aromatic N) is 3. The van der Waals surface area contributed by atoms with Crippen LogP contribution in [0.4, 0.5) is 4.39 Å². The summed E-state index contributed by atoms with van der Waals surface area (Å²) in [4.78, 5) is 9.25. The number of imidazole rings is 1. The Hall–Kier alpha value is -2.14. The summed E-state index contributed by atoms with van der Waals surface area (Å²) in [6.07, 6.45) is 5.15. The van der Waals surface area contributed by atoms with Gasteiger partial charge >= 0.3 is 0 Å². The molecule has 2 heterocycles. The summed E-state index contributed by atoms with van der Waals surface area (Å²) >= 11 is 6.30. The Bertz CT molecular complexity index is 981. The number of halogens is 2. The van der Waals surface area contributed by atoms with E-state index in [0.29, 0.717) is 34.6 Å². The van der Waals surface area contributed by atoms with Crippen LogP contribution in [0.15, 0.2) is 24.4 Å². The van der Waals surface area contributed by atoms with Gasteiger partial charge in [-0.05, 0) is 43.7 Å². The van der Waals surface area contributed by atoms with Gasteiger partial charge in [0.25, 0.3) is 6.01 Å². The van der Waals surface area contributed by atoms with Crippen molar-refractivity contribution in [2.75, 3.05) is 7.11 Å². The van der Waals surface area contributed by atoms with E-state index in [4.69, 9.17) is 16.3 Å². The van der Waals surface area contributed by atoms with Crippen molar-refractivity contribution in [3.05, 3.63) is 40.8 Å². The van der Waals surface area contributed by atoms with E-state index in [1.165, 1.54) is 12.8 Å². The fourth-order valence-corrected chi connectivity index (χ4v) is 4.01. The van der Waals surface area contributed by atoms with Gasteiger partial charge in [-0.3, -0.25) is 4.57 Å². The number of aromatic nitrogens is 3. The zero-order valence-corrected chi connectivity index (χ0v) is 15.8. The molecule has 0 bridgehead atoms. The third kappa shape index (κ3) is 2.65.